The van der Waals surface area contributed by atoms with Crippen LogP contribution in [0.2, 0.25) is 0 Å². The van der Waals surface area contributed by atoms with Gasteiger partial charge in [-0.25, -0.2) is 4.98 Å². The molecule has 4 heterocycles. The number of nitrogens with one attached hydrogen (secondary N) is 1. The number of aromatic nitrogens is 4. The maximum Gasteiger partial charge on any atom is 0.227 e. The Bertz CT molecular complexity index is 1130. The molecule has 10 nitrogen and oxygen atoms in total. The quantitative estimate of drug-likeness (QED) is 0.343. The lowest BCUT2D eigenvalue weighted by molar-refractivity contribution is -0.0511. The summed E-state index contributed by atoms with van der Waals surface area (Å²) in [6.45, 7) is -0.414. The largest absolute Gasteiger partial charge is 0.394 e. The van der Waals surface area contributed by atoms with Crippen molar-refractivity contribution >= 4 is 50.6 Å². The van der Waals surface area contributed by atoms with Crippen LogP contribution in [0.1, 0.15) is 11.8 Å². The van der Waals surface area contributed by atoms with Gasteiger partial charge in [-0.3, -0.25) is 4.57 Å². The highest BCUT2D eigenvalue weighted by atomic mass is 79.9. The highest BCUT2D eigenvalue weighted by Crippen LogP contribution is 2.34. The summed E-state index contributed by atoms with van der Waals surface area (Å²) in [4.78, 5) is 14.4. The molecule has 0 bridgehead atoms. The Kier molecular flexibility index (Phi) is 5.52. The topological polar surface area (TPSA) is 152 Å². The zero-order valence-electron chi connectivity index (χ0n) is 16.2. The number of hydrogen-bond donors (Lipinski definition) is 5. The van der Waals surface area contributed by atoms with Gasteiger partial charge in [-0.2, -0.15) is 9.97 Å². The lowest BCUT2D eigenvalue weighted by atomic mass is 10.1. The number of ether oxygens (including phenoxy) is 1. The molecule has 3 aromatic rings. The predicted molar refractivity (Wildman–Crippen MR) is 119 cm³/mol. The Labute approximate surface area is 190 Å². The Morgan fingerprint density at radius 2 is 2.13 bits per heavy atom. The van der Waals surface area contributed by atoms with Crippen molar-refractivity contribution in [2.24, 2.45) is 0 Å². The van der Waals surface area contributed by atoms with Gasteiger partial charge in [0.05, 0.1) is 12.9 Å². The number of nitrogens with two attached hydrogens (primary N) is 1. The Balaban J connectivity index is 1.43. The van der Waals surface area contributed by atoms with E-state index in [0.29, 0.717) is 17.1 Å². The summed E-state index contributed by atoms with van der Waals surface area (Å²) in [5.74, 6) is 1.40. The minimum absolute atomic E-state index is 0.105. The number of benzene rings is 1. The fraction of sp³-hybridized carbons (Fsp3) is 0.421. The van der Waals surface area contributed by atoms with Gasteiger partial charge < -0.3 is 31.1 Å². The van der Waals surface area contributed by atoms with Crippen molar-refractivity contribution in [3.8, 4) is 0 Å². The van der Waals surface area contributed by atoms with Crippen LogP contribution in [0.4, 0.5) is 11.8 Å². The molecule has 2 aromatic heterocycles. The average Bonchev–Trinajstić information content (AvgIpc) is 3.29. The molecule has 12 heteroatoms. The predicted octanol–water partition coefficient (Wildman–Crippen LogP) is 0.911. The third-order valence-corrected chi connectivity index (χ3v) is 7.27. The summed E-state index contributed by atoms with van der Waals surface area (Å²) in [6, 6.07) is 6.37. The molecular formula is C19H21BrN6O4S. The fourth-order valence-corrected chi connectivity index (χ4v) is 5.42. The minimum atomic E-state index is -1.24. The molecule has 0 aliphatic carbocycles. The van der Waals surface area contributed by atoms with Gasteiger partial charge in [0.25, 0.3) is 0 Å². The van der Waals surface area contributed by atoms with Gasteiger partial charge in [0.15, 0.2) is 17.7 Å². The van der Waals surface area contributed by atoms with Gasteiger partial charge >= 0.3 is 0 Å². The van der Waals surface area contributed by atoms with E-state index in [1.54, 1.807) is 11.8 Å². The van der Waals surface area contributed by atoms with E-state index < -0.39 is 31.1 Å². The molecule has 2 aliphatic rings. The molecule has 2 aliphatic heterocycles. The monoisotopic (exact) mass is 508 g/mol. The van der Waals surface area contributed by atoms with Crippen molar-refractivity contribution < 1.29 is 20.1 Å². The molecule has 1 aromatic carbocycles. The highest BCUT2D eigenvalue weighted by Gasteiger charge is 2.44. The average molecular weight is 509 g/mol. The molecular weight excluding hydrogens is 488 g/mol. The van der Waals surface area contributed by atoms with Crippen LogP contribution in [-0.4, -0.2) is 71.6 Å². The third-order valence-electron chi connectivity index (χ3n) is 5.50. The molecule has 0 amide bonds. The van der Waals surface area contributed by atoms with E-state index in [1.165, 1.54) is 21.4 Å². The van der Waals surface area contributed by atoms with Gasteiger partial charge in [-0.1, -0.05) is 15.9 Å². The van der Waals surface area contributed by atoms with Crippen LogP contribution in [0.5, 0.6) is 0 Å². The van der Waals surface area contributed by atoms with E-state index in [-0.39, 0.29) is 11.9 Å². The lowest BCUT2D eigenvalue weighted by Gasteiger charge is -2.25. The second-order valence-corrected chi connectivity index (χ2v) is 9.57. The fourth-order valence-electron chi connectivity index (χ4n) is 3.94. The number of aliphatic hydroxyl groups is 3. The number of imidazole rings is 1. The Morgan fingerprint density at radius 3 is 2.90 bits per heavy atom. The van der Waals surface area contributed by atoms with Crippen LogP contribution in [-0.2, 0) is 11.2 Å². The third kappa shape index (κ3) is 3.77. The normalized spacial score (nSPS) is 28.1. The van der Waals surface area contributed by atoms with Gasteiger partial charge in [0.2, 0.25) is 5.95 Å². The number of thioether (sulfide) groups is 1. The van der Waals surface area contributed by atoms with Crippen molar-refractivity contribution in [3.63, 3.8) is 0 Å². The smallest absolute Gasteiger partial charge is 0.227 e. The van der Waals surface area contributed by atoms with Gasteiger partial charge in [-0.15, -0.1) is 11.8 Å². The van der Waals surface area contributed by atoms with Crippen molar-refractivity contribution in [1.29, 1.82) is 0 Å². The van der Waals surface area contributed by atoms with E-state index in [1.807, 2.05) is 6.07 Å². The molecule has 164 valence electrons. The second kappa shape index (κ2) is 8.19. The highest BCUT2D eigenvalue weighted by molar-refractivity contribution is 9.10. The molecule has 5 rings (SSSR count). The standard InChI is InChI=1S/C19H21BrN6O4S/c20-9-1-2-12-8(3-9)4-10(6-31-12)23-19-24-16(21)13-17(25-19)26(7-22-13)18-15(29)14(28)11(5-27)30-18/h1-3,7,10-11,14-15,18,27-29H,4-6H2,(H3,21,23,24,25)/t10?,11-,14-,15-,18-/m1/s1. The number of anilines is 2. The summed E-state index contributed by atoms with van der Waals surface area (Å²) >= 11 is 5.29. The number of fused-ring (bicyclic) bond motifs is 2. The summed E-state index contributed by atoms with van der Waals surface area (Å²) in [7, 11) is 0. The van der Waals surface area contributed by atoms with E-state index in [0.717, 1.165) is 16.6 Å². The molecule has 5 atom stereocenters. The number of halogens is 1. The van der Waals surface area contributed by atoms with Crippen molar-refractivity contribution in [2.75, 3.05) is 23.4 Å². The molecule has 0 spiro atoms. The minimum Gasteiger partial charge on any atom is -0.394 e. The van der Waals surface area contributed by atoms with E-state index in [4.69, 9.17) is 10.5 Å². The number of nitrogen functional groups attached to an aromatic ring is 1. The van der Waals surface area contributed by atoms with Gasteiger partial charge in [0, 0.05) is 21.2 Å². The molecule has 0 radical (unpaired) electrons. The molecule has 1 unspecified atom stereocenters. The van der Waals surface area contributed by atoms with Crippen molar-refractivity contribution in [3.05, 3.63) is 34.6 Å². The molecule has 1 saturated heterocycles. The van der Waals surface area contributed by atoms with E-state index in [2.05, 4.69) is 48.3 Å². The van der Waals surface area contributed by atoms with E-state index >= 15 is 0 Å². The first-order valence-electron chi connectivity index (χ1n) is 9.75. The van der Waals surface area contributed by atoms with Crippen LogP contribution >= 0.6 is 27.7 Å². The lowest BCUT2D eigenvalue weighted by Crippen LogP contribution is -2.33. The van der Waals surface area contributed by atoms with E-state index in [9.17, 15) is 15.3 Å². The number of nitrogens with zero attached hydrogens (tertiary/aromatic N) is 4. The zero-order valence-corrected chi connectivity index (χ0v) is 18.6. The van der Waals surface area contributed by atoms with Gasteiger partial charge in [0.1, 0.15) is 23.8 Å². The zero-order chi connectivity index (χ0) is 21.7. The summed E-state index contributed by atoms with van der Waals surface area (Å²) in [5.41, 5.74) is 8.10. The summed E-state index contributed by atoms with van der Waals surface area (Å²) in [6.07, 6.45) is -2.06. The second-order valence-electron chi connectivity index (χ2n) is 7.59. The molecule has 6 N–H and O–H groups in total. The molecule has 1 fully saturated rings. The van der Waals surface area contributed by atoms with Crippen LogP contribution < -0.4 is 11.1 Å². The SMILES string of the molecule is Nc1nc(NC2CSc3ccc(Br)cc3C2)nc2c1ncn2[C@@H]1O[C@H](CO)[C@@H](O)[C@H]1O. The number of rotatable bonds is 4. The van der Waals surface area contributed by atoms with Crippen LogP contribution in [0.25, 0.3) is 11.2 Å². The molecule has 0 saturated carbocycles. The summed E-state index contributed by atoms with van der Waals surface area (Å²) < 4.78 is 8.15. The maximum atomic E-state index is 10.4. The maximum absolute atomic E-state index is 10.4. The first-order chi connectivity index (χ1) is 14.9. The first kappa shape index (κ1) is 20.9. The molecule has 31 heavy (non-hydrogen) atoms. The first-order valence-corrected chi connectivity index (χ1v) is 11.5. The Hall–Kier alpha value is -1.96. The van der Waals surface area contributed by atoms with Crippen LogP contribution in [0, 0.1) is 0 Å². The number of hydrogen-bond acceptors (Lipinski definition) is 10. The van der Waals surface area contributed by atoms with Crippen molar-refractivity contribution in [2.45, 2.75) is 41.9 Å². The Morgan fingerprint density at radius 1 is 1.29 bits per heavy atom. The van der Waals surface area contributed by atoms with Crippen LogP contribution in [0.3, 0.4) is 0 Å². The van der Waals surface area contributed by atoms with Crippen LogP contribution in [0.15, 0.2) is 33.9 Å². The number of aliphatic hydroxyl groups excluding tert-OH is 3. The summed E-state index contributed by atoms with van der Waals surface area (Å²) in [5, 5.41) is 33.2. The van der Waals surface area contributed by atoms with Gasteiger partial charge in [-0.05, 0) is 30.2 Å². The van der Waals surface area contributed by atoms with Crippen molar-refractivity contribution in [1.82, 2.24) is 19.5 Å².